The topological polar surface area (TPSA) is 107 Å². The third-order valence-corrected chi connectivity index (χ3v) is 3.60. The van der Waals surface area contributed by atoms with E-state index in [1.165, 1.54) is 39.9 Å². The third kappa shape index (κ3) is 3.86. The molecule has 8 nitrogen and oxygen atoms in total. The molecule has 1 N–H and O–H groups in total. The van der Waals surface area contributed by atoms with Gasteiger partial charge in [0.15, 0.2) is 0 Å². The number of carboxylic acids is 1. The van der Waals surface area contributed by atoms with E-state index in [1.807, 2.05) is 0 Å². The Kier molecular flexibility index (Phi) is 4.51. The van der Waals surface area contributed by atoms with Crippen LogP contribution in [0.4, 0.5) is 0 Å². The molecule has 0 unspecified atom stereocenters. The SMILES string of the molecule is O=C(O)c1ccc(=O)n(Cc2ccc(Cn3ccncc3=O)nc2)c1. The predicted octanol–water partition coefficient (Wildman–Crippen LogP) is 0.595. The second kappa shape index (κ2) is 6.91. The lowest BCUT2D eigenvalue weighted by molar-refractivity contribution is 0.0696. The van der Waals surface area contributed by atoms with E-state index in [9.17, 15) is 14.4 Å². The van der Waals surface area contributed by atoms with Crippen molar-refractivity contribution in [1.29, 1.82) is 0 Å². The third-order valence-electron chi connectivity index (χ3n) is 3.60. The maximum atomic E-state index is 11.8. The molecule has 0 saturated heterocycles. The van der Waals surface area contributed by atoms with Gasteiger partial charge in [-0.2, -0.15) is 0 Å². The number of nitrogens with zero attached hydrogens (tertiary/aromatic N) is 4. The highest BCUT2D eigenvalue weighted by molar-refractivity contribution is 5.87. The maximum Gasteiger partial charge on any atom is 0.337 e. The molecule has 3 aromatic heterocycles. The number of aromatic carboxylic acids is 1. The molecular weight excluding hydrogens is 324 g/mol. The zero-order valence-electron chi connectivity index (χ0n) is 13.1. The van der Waals surface area contributed by atoms with Gasteiger partial charge in [0.05, 0.1) is 30.5 Å². The van der Waals surface area contributed by atoms with Gasteiger partial charge in [-0.1, -0.05) is 6.07 Å². The van der Waals surface area contributed by atoms with Crippen LogP contribution in [0.1, 0.15) is 21.6 Å². The van der Waals surface area contributed by atoms with Crippen LogP contribution in [0, 0.1) is 0 Å². The van der Waals surface area contributed by atoms with Gasteiger partial charge in [-0.25, -0.2) is 4.79 Å². The molecule has 3 rings (SSSR count). The summed E-state index contributed by atoms with van der Waals surface area (Å²) in [7, 11) is 0. The van der Waals surface area contributed by atoms with Crippen LogP contribution in [0.5, 0.6) is 0 Å². The van der Waals surface area contributed by atoms with Gasteiger partial charge >= 0.3 is 5.97 Å². The van der Waals surface area contributed by atoms with Gasteiger partial charge in [0, 0.05) is 30.9 Å². The average molecular weight is 338 g/mol. The molecule has 0 aliphatic carbocycles. The highest BCUT2D eigenvalue weighted by Gasteiger charge is 2.06. The van der Waals surface area contributed by atoms with Gasteiger partial charge in [-0.3, -0.25) is 19.6 Å². The number of carbonyl (C=O) groups is 1. The van der Waals surface area contributed by atoms with Crippen molar-refractivity contribution >= 4 is 5.97 Å². The van der Waals surface area contributed by atoms with Crippen molar-refractivity contribution in [1.82, 2.24) is 19.1 Å². The van der Waals surface area contributed by atoms with Crippen LogP contribution in [0.3, 0.4) is 0 Å². The number of pyridine rings is 2. The number of rotatable bonds is 5. The summed E-state index contributed by atoms with van der Waals surface area (Å²) in [6.07, 6.45) is 7.24. The van der Waals surface area contributed by atoms with Gasteiger partial charge in [-0.15, -0.1) is 0 Å². The van der Waals surface area contributed by atoms with Crippen LogP contribution in [-0.2, 0) is 13.1 Å². The molecule has 3 aromatic rings. The fourth-order valence-corrected chi connectivity index (χ4v) is 2.30. The monoisotopic (exact) mass is 338 g/mol. The Hall–Kier alpha value is -3.55. The van der Waals surface area contributed by atoms with Gasteiger partial charge in [0.1, 0.15) is 0 Å². The molecule has 3 heterocycles. The molecule has 0 aliphatic heterocycles. The molecule has 126 valence electrons. The molecule has 8 heteroatoms. The van der Waals surface area contributed by atoms with Crippen LogP contribution < -0.4 is 11.1 Å². The molecule has 25 heavy (non-hydrogen) atoms. The Morgan fingerprint density at radius 2 is 1.84 bits per heavy atom. The maximum absolute atomic E-state index is 11.8. The molecule has 0 saturated carbocycles. The van der Waals surface area contributed by atoms with Crippen molar-refractivity contribution in [3.63, 3.8) is 0 Å². The first-order valence-corrected chi connectivity index (χ1v) is 7.41. The van der Waals surface area contributed by atoms with Crippen LogP contribution in [0.2, 0.25) is 0 Å². The first kappa shape index (κ1) is 16.3. The van der Waals surface area contributed by atoms with E-state index in [4.69, 9.17) is 5.11 Å². The van der Waals surface area contributed by atoms with Gasteiger partial charge in [-0.05, 0) is 17.7 Å². The largest absolute Gasteiger partial charge is 0.478 e. The summed E-state index contributed by atoms with van der Waals surface area (Å²) < 4.78 is 2.79. The van der Waals surface area contributed by atoms with Crippen molar-refractivity contribution in [3.05, 3.63) is 92.8 Å². The van der Waals surface area contributed by atoms with E-state index in [0.29, 0.717) is 12.2 Å². The van der Waals surface area contributed by atoms with Gasteiger partial charge < -0.3 is 14.2 Å². The highest BCUT2D eigenvalue weighted by Crippen LogP contribution is 2.04. The first-order valence-electron chi connectivity index (χ1n) is 7.41. The highest BCUT2D eigenvalue weighted by atomic mass is 16.4. The molecule has 0 aromatic carbocycles. The second-order valence-electron chi connectivity index (χ2n) is 5.39. The number of carboxylic acid groups (broad SMARTS) is 1. The average Bonchev–Trinajstić information content (AvgIpc) is 2.60. The molecule has 0 amide bonds. The van der Waals surface area contributed by atoms with E-state index >= 15 is 0 Å². The quantitative estimate of drug-likeness (QED) is 0.730. The van der Waals surface area contributed by atoms with E-state index in [1.54, 1.807) is 24.5 Å². The van der Waals surface area contributed by atoms with Crippen molar-refractivity contribution in [2.75, 3.05) is 0 Å². The molecule has 0 atom stereocenters. The number of hydrogen-bond donors (Lipinski definition) is 1. The van der Waals surface area contributed by atoms with E-state index in [-0.39, 0.29) is 23.2 Å². The summed E-state index contributed by atoms with van der Waals surface area (Å²) in [5, 5.41) is 9.01. The summed E-state index contributed by atoms with van der Waals surface area (Å²) in [6, 6.07) is 6.04. The van der Waals surface area contributed by atoms with Crippen LogP contribution >= 0.6 is 0 Å². The minimum atomic E-state index is -1.09. The molecule has 0 radical (unpaired) electrons. The van der Waals surface area contributed by atoms with Crippen molar-refractivity contribution in [2.24, 2.45) is 0 Å². The molecule has 0 fully saturated rings. The fourth-order valence-electron chi connectivity index (χ4n) is 2.30. The normalized spacial score (nSPS) is 10.6. The minimum Gasteiger partial charge on any atom is -0.478 e. The zero-order chi connectivity index (χ0) is 17.8. The Labute approximate surface area is 141 Å². The number of hydrogen-bond acceptors (Lipinski definition) is 5. The Morgan fingerprint density at radius 3 is 2.52 bits per heavy atom. The molecule has 0 bridgehead atoms. The van der Waals surface area contributed by atoms with Crippen molar-refractivity contribution in [2.45, 2.75) is 13.1 Å². The van der Waals surface area contributed by atoms with Gasteiger partial charge in [0.25, 0.3) is 11.1 Å². The Balaban J connectivity index is 1.78. The van der Waals surface area contributed by atoms with Crippen LogP contribution in [-0.4, -0.2) is 30.2 Å². The zero-order valence-corrected chi connectivity index (χ0v) is 13.1. The predicted molar refractivity (Wildman–Crippen MR) is 88.6 cm³/mol. The molecule has 0 spiro atoms. The Bertz CT molecular complexity index is 1020. The molecule has 0 aliphatic rings. The second-order valence-corrected chi connectivity index (χ2v) is 5.39. The minimum absolute atomic E-state index is 0.0428. The lowest BCUT2D eigenvalue weighted by atomic mass is 10.2. The van der Waals surface area contributed by atoms with Crippen molar-refractivity contribution < 1.29 is 9.90 Å². The Morgan fingerprint density at radius 1 is 1.00 bits per heavy atom. The summed E-state index contributed by atoms with van der Waals surface area (Å²) in [5.74, 6) is -1.09. The summed E-state index contributed by atoms with van der Waals surface area (Å²) >= 11 is 0. The lowest BCUT2D eigenvalue weighted by Gasteiger charge is -2.08. The lowest BCUT2D eigenvalue weighted by Crippen LogP contribution is -2.21. The first-order chi connectivity index (χ1) is 12.0. The van der Waals surface area contributed by atoms with E-state index < -0.39 is 5.97 Å². The molecular formula is C17H14N4O4. The van der Waals surface area contributed by atoms with Crippen LogP contribution in [0.25, 0.3) is 0 Å². The van der Waals surface area contributed by atoms with E-state index in [0.717, 1.165) is 5.56 Å². The van der Waals surface area contributed by atoms with E-state index in [2.05, 4.69) is 9.97 Å². The van der Waals surface area contributed by atoms with Gasteiger partial charge in [0.2, 0.25) is 0 Å². The summed E-state index contributed by atoms with van der Waals surface area (Å²) in [6.45, 7) is 0.526. The summed E-state index contributed by atoms with van der Waals surface area (Å²) in [4.78, 5) is 42.5. The summed E-state index contributed by atoms with van der Waals surface area (Å²) in [5.41, 5.74) is 0.961. The van der Waals surface area contributed by atoms with Crippen LogP contribution in [0.15, 0.2) is 64.8 Å². The smallest absolute Gasteiger partial charge is 0.337 e. The standard InChI is InChI=1S/C17H14N4O4/c22-15-4-2-13(17(24)25)10-21(15)9-12-1-3-14(19-7-12)11-20-6-5-18-8-16(20)23/h1-8,10H,9,11H2,(H,24,25). The number of aromatic nitrogens is 4. The van der Waals surface area contributed by atoms with Crippen molar-refractivity contribution in [3.8, 4) is 0 Å². The fraction of sp³-hybridized carbons (Fsp3) is 0.118.